The molecule has 4 rings (SSSR count). The number of aliphatic hydroxyl groups excluding tert-OH is 1. The first-order chi connectivity index (χ1) is 21.3. The van der Waals surface area contributed by atoms with Crippen LogP contribution in [-0.2, 0) is 25.7 Å². The SMILES string of the molecule is C=CCN(C)C[C@@H]1C[C@H](c2ccc(CO)cc2)O[C@H](c2ccc(NC(=O)CCCCCC(=O)Nc3ccccc3N)cc2)O1. The summed E-state index contributed by atoms with van der Waals surface area (Å²) in [5.74, 6) is -0.152. The molecule has 9 nitrogen and oxygen atoms in total. The molecule has 234 valence electrons. The van der Waals surface area contributed by atoms with Crippen LogP contribution < -0.4 is 16.4 Å². The Bertz CT molecular complexity index is 1360. The molecule has 44 heavy (non-hydrogen) atoms. The fourth-order valence-electron chi connectivity index (χ4n) is 5.19. The topological polar surface area (TPSA) is 126 Å². The number of carbonyl (C=O) groups excluding carboxylic acids is 2. The van der Waals surface area contributed by atoms with Gasteiger partial charge in [0.15, 0.2) is 6.29 Å². The monoisotopic (exact) mass is 600 g/mol. The predicted molar refractivity (Wildman–Crippen MR) is 174 cm³/mol. The molecule has 3 aromatic carbocycles. The van der Waals surface area contributed by atoms with E-state index in [1.54, 1.807) is 12.1 Å². The number of anilines is 3. The highest BCUT2D eigenvalue weighted by molar-refractivity contribution is 5.93. The van der Waals surface area contributed by atoms with E-state index in [0.717, 1.165) is 36.2 Å². The molecule has 0 spiro atoms. The molecule has 0 saturated carbocycles. The van der Waals surface area contributed by atoms with Crippen LogP contribution in [0, 0.1) is 0 Å². The van der Waals surface area contributed by atoms with Crippen LogP contribution in [0.2, 0.25) is 0 Å². The van der Waals surface area contributed by atoms with E-state index >= 15 is 0 Å². The van der Waals surface area contributed by atoms with Crippen molar-refractivity contribution in [2.75, 3.05) is 36.5 Å². The van der Waals surface area contributed by atoms with Crippen molar-refractivity contribution < 1.29 is 24.2 Å². The third-order valence-corrected chi connectivity index (χ3v) is 7.58. The molecule has 1 heterocycles. The van der Waals surface area contributed by atoms with Gasteiger partial charge in [-0.25, -0.2) is 0 Å². The number of carbonyl (C=O) groups is 2. The molecule has 5 N–H and O–H groups in total. The maximum atomic E-state index is 12.5. The highest BCUT2D eigenvalue weighted by Crippen LogP contribution is 2.38. The second-order valence-electron chi connectivity index (χ2n) is 11.2. The average molecular weight is 601 g/mol. The van der Waals surface area contributed by atoms with Crippen LogP contribution in [0.3, 0.4) is 0 Å². The molecule has 1 saturated heterocycles. The first-order valence-corrected chi connectivity index (χ1v) is 15.2. The minimum absolute atomic E-state index is 0.000423. The average Bonchev–Trinajstić information content (AvgIpc) is 3.02. The zero-order chi connectivity index (χ0) is 31.3. The van der Waals surface area contributed by atoms with Gasteiger partial charge in [-0.05, 0) is 55.3 Å². The fraction of sp³-hybridized carbons (Fsp3) is 0.371. The summed E-state index contributed by atoms with van der Waals surface area (Å²) in [4.78, 5) is 26.9. The summed E-state index contributed by atoms with van der Waals surface area (Å²) < 4.78 is 12.8. The molecule has 3 atom stereocenters. The van der Waals surface area contributed by atoms with Gasteiger partial charge < -0.3 is 35.8 Å². The molecular formula is C35H44N4O5. The molecule has 0 unspecified atom stereocenters. The van der Waals surface area contributed by atoms with E-state index in [1.807, 2.05) is 73.8 Å². The number of unbranched alkanes of at least 4 members (excludes halogenated alkanes) is 2. The number of rotatable bonds is 15. The van der Waals surface area contributed by atoms with Gasteiger partial charge in [0, 0.05) is 43.6 Å². The van der Waals surface area contributed by atoms with Crippen LogP contribution in [0.4, 0.5) is 17.1 Å². The van der Waals surface area contributed by atoms with Gasteiger partial charge in [-0.2, -0.15) is 0 Å². The summed E-state index contributed by atoms with van der Waals surface area (Å²) in [6.07, 6.45) is 4.71. The Kier molecular flexibility index (Phi) is 12.5. The highest BCUT2D eigenvalue weighted by atomic mass is 16.7. The van der Waals surface area contributed by atoms with Crippen LogP contribution in [0.1, 0.15) is 67.6 Å². The molecule has 3 aromatic rings. The van der Waals surface area contributed by atoms with Crippen LogP contribution >= 0.6 is 0 Å². The molecule has 0 aliphatic carbocycles. The number of nitrogens with two attached hydrogens (primary N) is 1. The molecule has 2 amide bonds. The molecule has 0 radical (unpaired) electrons. The molecule has 1 aliphatic heterocycles. The van der Waals surface area contributed by atoms with Crippen LogP contribution in [0.5, 0.6) is 0 Å². The molecule has 0 aromatic heterocycles. The Balaban J connectivity index is 1.26. The summed E-state index contributed by atoms with van der Waals surface area (Å²) >= 11 is 0. The van der Waals surface area contributed by atoms with Crippen molar-refractivity contribution in [2.45, 2.75) is 63.6 Å². The van der Waals surface area contributed by atoms with E-state index in [1.165, 1.54) is 0 Å². The summed E-state index contributed by atoms with van der Waals surface area (Å²) in [7, 11) is 2.04. The lowest BCUT2D eigenvalue weighted by Crippen LogP contribution is -2.37. The van der Waals surface area contributed by atoms with E-state index in [0.29, 0.717) is 49.2 Å². The van der Waals surface area contributed by atoms with Crippen molar-refractivity contribution in [1.29, 1.82) is 0 Å². The van der Waals surface area contributed by atoms with E-state index in [-0.39, 0.29) is 30.6 Å². The van der Waals surface area contributed by atoms with Crippen molar-refractivity contribution in [3.8, 4) is 0 Å². The minimum Gasteiger partial charge on any atom is -0.397 e. The lowest BCUT2D eigenvalue weighted by Gasteiger charge is -2.37. The van der Waals surface area contributed by atoms with Gasteiger partial charge in [0.1, 0.15) is 0 Å². The Morgan fingerprint density at radius 2 is 1.59 bits per heavy atom. The standard InChI is InChI=1S/C35H44N4O5/c1-3-21-39(2)23-29-22-32(26-15-13-25(24-40)14-16-26)44-35(43-29)27-17-19-28(20-18-27)37-33(41)11-5-4-6-12-34(42)38-31-10-8-7-9-30(31)36/h3,7-10,13-20,29,32,35,40H,1,4-6,11-12,21-24,36H2,2H3,(H,37,41)(H,38,42)/t29-,32+,35+/m0/s1. The Morgan fingerprint density at radius 3 is 2.25 bits per heavy atom. The third-order valence-electron chi connectivity index (χ3n) is 7.58. The number of hydrogen-bond acceptors (Lipinski definition) is 7. The van der Waals surface area contributed by atoms with Gasteiger partial charge in [-0.3, -0.25) is 9.59 Å². The van der Waals surface area contributed by atoms with Gasteiger partial charge in [-0.1, -0.05) is 61.0 Å². The van der Waals surface area contributed by atoms with E-state index in [2.05, 4.69) is 22.1 Å². The smallest absolute Gasteiger partial charge is 0.224 e. The molecule has 1 aliphatic rings. The minimum atomic E-state index is -0.561. The summed E-state index contributed by atoms with van der Waals surface area (Å²) in [6, 6.07) is 22.5. The van der Waals surface area contributed by atoms with Crippen molar-refractivity contribution in [2.24, 2.45) is 0 Å². The lowest BCUT2D eigenvalue weighted by atomic mass is 9.99. The van der Waals surface area contributed by atoms with Gasteiger partial charge in [-0.15, -0.1) is 6.58 Å². The highest BCUT2D eigenvalue weighted by Gasteiger charge is 2.32. The number of hydrogen-bond donors (Lipinski definition) is 4. The number of nitrogens with one attached hydrogen (secondary N) is 2. The quantitative estimate of drug-likeness (QED) is 0.0965. The number of para-hydroxylation sites is 2. The van der Waals surface area contributed by atoms with Crippen LogP contribution in [0.15, 0.2) is 85.5 Å². The molecular weight excluding hydrogens is 556 g/mol. The second-order valence-corrected chi connectivity index (χ2v) is 11.2. The fourth-order valence-corrected chi connectivity index (χ4v) is 5.19. The first-order valence-electron chi connectivity index (χ1n) is 15.2. The lowest BCUT2D eigenvalue weighted by molar-refractivity contribution is -0.252. The number of amides is 2. The normalized spacial score (nSPS) is 18.1. The number of nitrogen functional groups attached to an aromatic ring is 1. The maximum Gasteiger partial charge on any atom is 0.224 e. The zero-order valence-electron chi connectivity index (χ0n) is 25.4. The second kappa shape index (κ2) is 16.7. The number of ether oxygens (including phenoxy) is 2. The molecule has 0 bridgehead atoms. The van der Waals surface area contributed by atoms with Gasteiger partial charge in [0.25, 0.3) is 0 Å². The van der Waals surface area contributed by atoms with E-state index in [9.17, 15) is 14.7 Å². The van der Waals surface area contributed by atoms with Crippen molar-refractivity contribution in [1.82, 2.24) is 4.90 Å². The van der Waals surface area contributed by atoms with Crippen molar-refractivity contribution >= 4 is 28.9 Å². The van der Waals surface area contributed by atoms with Crippen LogP contribution in [0.25, 0.3) is 0 Å². The summed E-state index contributed by atoms with van der Waals surface area (Å²) in [6.45, 7) is 5.33. The predicted octanol–water partition coefficient (Wildman–Crippen LogP) is 5.95. The van der Waals surface area contributed by atoms with Gasteiger partial charge in [0.2, 0.25) is 11.8 Å². The summed E-state index contributed by atoms with van der Waals surface area (Å²) in [5.41, 5.74) is 10.5. The van der Waals surface area contributed by atoms with Gasteiger partial charge in [0.05, 0.1) is 30.2 Å². The molecule has 1 fully saturated rings. The number of aliphatic hydroxyl groups is 1. The Hall–Kier alpha value is -4.02. The zero-order valence-corrected chi connectivity index (χ0v) is 25.4. The Labute approximate surface area is 260 Å². The summed E-state index contributed by atoms with van der Waals surface area (Å²) in [5, 5.41) is 15.2. The van der Waals surface area contributed by atoms with Crippen molar-refractivity contribution in [3.63, 3.8) is 0 Å². The van der Waals surface area contributed by atoms with Crippen LogP contribution in [-0.4, -0.2) is 48.1 Å². The van der Waals surface area contributed by atoms with Crippen molar-refractivity contribution in [3.05, 3.63) is 102 Å². The maximum absolute atomic E-state index is 12.5. The number of likely N-dealkylation sites (N-methyl/N-ethyl adjacent to an activating group) is 1. The number of nitrogens with zero attached hydrogens (tertiary/aromatic N) is 1. The van der Waals surface area contributed by atoms with E-state index < -0.39 is 6.29 Å². The largest absolute Gasteiger partial charge is 0.397 e. The third kappa shape index (κ3) is 10.0. The Morgan fingerprint density at radius 1 is 0.932 bits per heavy atom. The molecule has 9 heteroatoms. The first kappa shape index (κ1) is 32.9. The van der Waals surface area contributed by atoms with Gasteiger partial charge >= 0.3 is 0 Å². The number of benzene rings is 3. The van der Waals surface area contributed by atoms with E-state index in [4.69, 9.17) is 15.2 Å².